The van der Waals surface area contributed by atoms with Gasteiger partial charge in [0.05, 0.1) is 12.7 Å². The molecule has 1 saturated heterocycles. The summed E-state index contributed by atoms with van der Waals surface area (Å²) in [5.74, 6) is 2.82. The average Bonchev–Trinajstić information content (AvgIpc) is 2.90. The number of rotatable bonds is 5. The van der Waals surface area contributed by atoms with Gasteiger partial charge in [0.15, 0.2) is 0 Å². The molecule has 102 valence electrons. The maximum Gasteiger partial charge on any atom is 0.128 e. The van der Waals surface area contributed by atoms with E-state index in [0.717, 1.165) is 45.3 Å². The van der Waals surface area contributed by atoms with E-state index in [1.807, 2.05) is 0 Å². The van der Waals surface area contributed by atoms with Crippen molar-refractivity contribution in [3.05, 3.63) is 0 Å². The maximum atomic E-state index is 10.0. The number of hydrogen-bond donors (Lipinski definition) is 1. The predicted molar refractivity (Wildman–Crippen MR) is 72.3 cm³/mol. The second-order valence-electron chi connectivity index (χ2n) is 5.67. The Hall–Kier alpha value is -0.560. The molecule has 1 N–H and O–H groups in total. The van der Waals surface area contributed by atoms with Crippen molar-refractivity contribution >= 4 is 0 Å². The van der Waals surface area contributed by atoms with E-state index in [-0.39, 0.29) is 0 Å². The molecule has 0 bridgehead atoms. The molecule has 1 unspecified atom stereocenters. The molecule has 1 atom stereocenters. The van der Waals surface area contributed by atoms with E-state index in [2.05, 4.69) is 10.8 Å². The minimum absolute atomic E-state index is 0.376. The normalized spacial score (nSPS) is 25.8. The Bertz CT molecular complexity index is 285. The second kappa shape index (κ2) is 6.56. The summed E-state index contributed by atoms with van der Waals surface area (Å²) in [4.78, 5) is 2.30. The quantitative estimate of drug-likeness (QED) is 0.756. The van der Waals surface area contributed by atoms with Crippen molar-refractivity contribution in [1.82, 2.24) is 4.90 Å². The number of terminal acetylenes is 1. The van der Waals surface area contributed by atoms with Crippen LogP contribution in [0.5, 0.6) is 0 Å². The van der Waals surface area contributed by atoms with Crippen molar-refractivity contribution in [2.75, 3.05) is 26.2 Å². The first-order valence-electron chi connectivity index (χ1n) is 7.26. The molecular formula is C15H25NO2. The number of ether oxygens (including phenoxy) is 1. The Morgan fingerprint density at radius 3 is 2.44 bits per heavy atom. The summed E-state index contributed by atoms with van der Waals surface area (Å²) in [6, 6.07) is 0. The zero-order valence-electron chi connectivity index (χ0n) is 11.2. The van der Waals surface area contributed by atoms with Gasteiger partial charge in [-0.3, -0.25) is 0 Å². The molecular weight excluding hydrogens is 226 g/mol. The van der Waals surface area contributed by atoms with E-state index in [9.17, 15) is 5.11 Å². The van der Waals surface area contributed by atoms with E-state index in [0.29, 0.717) is 6.61 Å². The summed E-state index contributed by atoms with van der Waals surface area (Å²) < 4.78 is 5.88. The molecule has 0 amide bonds. The Labute approximate surface area is 111 Å². The van der Waals surface area contributed by atoms with Gasteiger partial charge in [-0.25, -0.2) is 0 Å². The van der Waals surface area contributed by atoms with Gasteiger partial charge in [-0.1, -0.05) is 12.3 Å². The predicted octanol–water partition coefficient (Wildman–Crippen LogP) is 1.80. The van der Waals surface area contributed by atoms with Crippen LogP contribution < -0.4 is 0 Å². The van der Waals surface area contributed by atoms with Crippen molar-refractivity contribution in [2.45, 2.75) is 56.7 Å². The highest BCUT2D eigenvalue weighted by molar-refractivity contribution is 5.09. The molecule has 1 aliphatic heterocycles. The number of likely N-dealkylation sites (tertiary alicyclic amines) is 1. The number of β-amino-alcohol motifs (C(OH)–C–C–N with tert-alkyl or cyclic N) is 1. The molecule has 0 aromatic carbocycles. The summed E-state index contributed by atoms with van der Waals surface area (Å²) in [6.45, 7) is 3.32. The van der Waals surface area contributed by atoms with Crippen LogP contribution in [0.25, 0.3) is 0 Å². The van der Waals surface area contributed by atoms with Gasteiger partial charge < -0.3 is 14.7 Å². The highest BCUT2D eigenvalue weighted by Crippen LogP contribution is 2.31. The van der Waals surface area contributed by atoms with Crippen LogP contribution in [0.1, 0.15) is 44.9 Å². The van der Waals surface area contributed by atoms with Crippen LogP contribution in [-0.2, 0) is 4.74 Å². The summed E-state index contributed by atoms with van der Waals surface area (Å²) in [6.07, 6.45) is 13.1. The number of aliphatic hydroxyl groups is 1. The van der Waals surface area contributed by atoms with Crippen molar-refractivity contribution < 1.29 is 9.84 Å². The standard InChI is InChI=1S/C15H25NO2/c1-2-15(8-4-3-5-9-15)18-13-14(17)12-16-10-6-7-11-16/h1,14,17H,3-13H2. The Morgan fingerprint density at radius 1 is 1.17 bits per heavy atom. The molecule has 1 aliphatic carbocycles. The van der Waals surface area contributed by atoms with E-state index in [4.69, 9.17) is 11.2 Å². The third-order valence-electron chi connectivity index (χ3n) is 4.14. The lowest BCUT2D eigenvalue weighted by Crippen LogP contribution is -2.39. The van der Waals surface area contributed by atoms with Crippen LogP contribution in [0.3, 0.4) is 0 Å². The lowest BCUT2D eigenvalue weighted by atomic mass is 9.85. The Kier molecular flexibility index (Phi) is 5.05. The summed E-state index contributed by atoms with van der Waals surface area (Å²) in [5, 5.41) is 10.0. The SMILES string of the molecule is C#CC1(OCC(O)CN2CCCC2)CCCCC1. The monoisotopic (exact) mass is 251 g/mol. The van der Waals surface area contributed by atoms with Crippen LogP contribution >= 0.6 is 0 Å². The third kappa shape index (κ3) is 3.71. The second-order valence-corrected chi connectivity index (χ2v) is 5.67. The largest absolute Gasteiger partial charge is 0.389 e. The molecule has 0 radical (unpaired) electrons. The van der Waals surface area contributed by atoms with Crippen LogP contribution in [0.4, 0.5) is 0 Å². The number of hydrogen-bond acceptors (Lipinski definition) is 3. The minimum Gasteiger partial charge on any atom is -0.389 e. The molecule has 3 heteroatoms. The molecule has 1 saturated carbocycles. The van der Waals surface area contributed by atoms with Gasteiger partial charge >= 0.3 is 0 Å². The molecule has 18 heavy (non-hydrogen) atoms. The average molecular weight is 251 g/mol. The fraction of sp³-hybridized carbons (Fsp3) is 0.867. The smallest absolute Gasteiger partial charge is 0.128 e. The summed E-state index contributed by atoms with van der Waals surface area (Å²) in [5.41, 5.74) is -0.399. The van der Waals surface area contributed by atoms with Gasteiger partial charge in [0.25, 0.3) is 0 Å². The van der Waals surface area contributed by atoms with Crippen molar-refractivity contribution in [2.24, 2.45) is 0 Å². The van der Waals surface area contributed by atoms with Crippen molar-refractivity contribution in [3.8, 4) is 12.3 Å². The van der Waals surface area contributed by atoms with Crippen molar-refractivity contribution in [1.29, 1.82) is 0 Å². The van der Waals surface area contributed by atoms with Gasteiger partial charge in [0.2, 0.25) is 0 Å². The van der Waals surface area contributed by atoms with Crippen LogP contribution in [0.2, 0.25) is 0 Å². The fourth-order valence-corrected chi connectivity index (χ4v) is 3.02. The highest BCUT2D eigenvalue weighted by Gasteiger charge is 2.31. The molecule has 0 aromatic heterocycles. The molecule has 0 spiro atoms. The first-order chi connectivity index (χ1) is 8.74. The molecule has 2 aliphatic rings. The van der Waals surface area contributed by atoms with E-state index >= 15 is 0 Å². The summed E-state index contributed by atoms with van der Waals surface area (Å²) in [7, 11) is 0. The van der Waals surface area contributed by atoms with Crippen LogP contribution in [-0.4, -0.2) is 48.0 Å². The first kappa shape index (κ1) is 13.9. The fourth-order valence-electron chi connectivity index (χ4n) is 3.02. The maximum absolute atomic E-state index is 10.0. The number of nitrogens with zero attached hydrogens (tertiary/aromatic N) is 1. The summed E-state index contributed by atoms with van der Waals surface area (Å²) >= 11 is 0. The number of aliphatic hydroxyl groups excluding tert-OH is 1. The zero-order valence-corrected chi connectivity index (χ0v) is 11.2. The van der Waals surface area contributed by atoms with Crippen LogP contribution in [0, 0.1) is 12.3 Å². The van der Waals surface area contributed by atoms with Crippen molar-refractivity contribution in [3.63, 3.8) is 0 Å². The van der Waals surface area contributed by atoms with E-state index < -0.39 is 11.7 Å². The van der Waals surface area contributed by atoms with E-state index in [1.165, 1.54) is 19.3 Å². The Balaban J connectivity index is 1.73. The molecule has 2 fully saturated rings. The zero-order chi connectivity index (χ0) is 12.8. The third-order valence-corrected chi connectivity index (χ3v) is 4.14. The van der Waals surface area contributed by atoms with Gasteiger partial charge in [-0.2, -0.15) is 0 Å². The lowest BCUT2D eigenvalue weighted by Gasteiger charge is -2.33. The van der Waals surface area contributed by atoms with Gasteiger partial charge in [-0.15, -0.1) is 6.42 Å². The van der Waals surface area contributed by atoms with Gasteiger partial charge in [-0.05, 0) is 51.6 Å². The molecule has 2 rings (SSSR count). The van der Waals surface area contributed by atoms with Crippen LogP contribution in [0.15, 0.2) is 0 Å². The van der Waals surface area contributed by atoms with E-state index in [1.54, 1.807) is 0 Å². The topological polar surface area (TPSA) is 32.7 Å². The molecule has 0 aromatic rings. The highest BCUT2D eigenvalue weighted by atomic mass is 16.5. The lowest BCUT2D eigenvalue weighted by molar-refractivity contribution is -0.0686. The minimum atomic E-state index is -0.407. The first-order valence-corrected chi connectivity index (χ1v) is 7.26. The molecule has 3 nitrogen and oxygen atoms in total. The van der Waals surface area contributed by atoms with Gasteiger partial charge in [0.1, 0.15) is 5.60 Å². The van der Waals surface area contributed by atoms with Gasteiger partial charge in [0, 0.05) is 6.54 Å². The Morgan fingerprint density at radius 2 is 1.83 bits per heavy atom. The molecule has 1 heterocycles.